The summed E-state index contributed by atoms with van der Waals surface area (Å²) in [5.74, 6) is 0. The lowest BCUT2D eigenvalue weighted by Gasteiger charge is -2.23. The van der Waals surface area contributed by atoms with Crippen molar-refractivity contribution in [2.45, 2.75) is 37.6 Å². The number of anilines is 2. The molecule has 170 valence electrons. The maximum atomic E-state index is 13.0. The van der Waals surface area contributed by atoms with E-state index in [0.717, 1.165) is 37.1 Å². The van der Waals surface area contributed by atoms with Crippen LogP contribution in [-0.2, 0) is 17.1 Å². The normalized spacial score (nSPS) is 17.1. The van der Waals surface area contributed by atoms with Crippen LogP contribution in [0.15, 0.2) is 33.8 Å². The molecule has 0 bridgehead atoms. The average Bonchev–Trinajstić information content (AvgIpc) is 3.39. The van der Waals surface area contributed by atoms with Gasteiger partial charge in [-0.2, -0.15) is 5.10 Å². The molecule has 11 heteroatoms. The standard InChI is InChI=1S/C20H26ClN5O3S.ClH/c1-4-26-8-5-6-16(26)12-22-17-11-15(10-14-7-9-29-18(14)17)24-30(27,28)19-13(2)23-25(3)20(19)21;/h7,9-11,16,22,24H,4-6,8,12H2,1-3H3;1H/t16-;/m1./s1. The van der Waals surface area contributed by atoms with Gasteiger partial charge in [-0.3, -0.25) is 14.3 Å². The van der Waals surface area contributed by atoms with E-state index in [1.807, 2.05) is 6.07 Å². The first-order valence-electron chi connectivity index (χ1n) is 10.0. The Bertz CT molecular complexity index is 1180. The SMILES string of the molecule is CCN1CCC[C@@H]1CNc1cc(NS(=O)(=O)c2c(C)nn(C)c2Cl)cc2ccoc12.Cl. The number of hydrogen-bond donors (Lipinski definition) is 2. The van der Waals surface area contributed by atoms with E-state index in [1.165, 1.54) is 11.1 Å². The number of likely N-dealkylation sites (N-methyl/N-ethyl adjacent to an activating group) is 1. The minimum atomic E-state index is -3.90. The zero-order valence-electron chi connectivity index (χ0n) is 17.7. The molecule has 1 aromatic carbocycles. The van der Waals surface area contributed by atoms with Crippen molar-refractivity contribution in [2.24, 2.45) is 7.05 Å². The van der Waals surface area contributed by atoms with Crippen molar-refractivity contribution >= 4 is 56.4 Å². The number of aryl methyl sites for hydroxylation is 2. The van der Waals surface area contributed by atoms with Gasteiger partial charge in [0.05, 0.1) is 23.3 Å². The Morgan fingerprint density at radius 1 is 1.35 bits per heavy atom. The first kappa shape index (κ1) is 23.7. The molecule has 0 radical (unpaired) electrons. The summed E-state index contributed by atoms with van der Waals surface area (Å²) in [5, 5.41) is 8.44. The molecule has 31 heavy (non-hydrogen) atoms. The highest BCUT2D eigenvalue weighted by Gasteiger charge is 2.26. The van der Waals surface area contributed by atoms with Gasteiger partial charge < -0.3 is 9.73 Å². The largest absolute Gasteiger partial charge is 0.462 e. The van der Waals surface area contributed by atoms with Gasteiger partial charge in [0.25, 0.3) is 10.0 Å². The lowest BCUT2D eigenvalue weighted by Crippen LogP contribution is -2.34. The summed E-state index contributed by atoms with van der Waals surface area (Å²) >= 11 is 6.17. The third-order valence-corrected chi connectivity index (χ3v) is 7.68. The number of fused-ring (bicyclic) bond motifs is 1. The van der Waals surface area contributed by atoms with Crippen molar-refractivity contribution in [1.82, 2.24) is 14.7 Å². The van der Waals surface area contributed by atoms with Crippen molar-refractivity contribution in [3.05, 3.63) is 35.3 Å². The smallest absolute Gasteiger partial charge is 0.266 e. The molecule has 2 N–H and O–H groups in total. The van der Waals surface area contributed by atoms with Gasteiger partial charge >= 0.3 is 0 Å². The number of rotatable bonds is 7. The van der Waals surface area contributed by atoms with E-state index < -0.39 is 10.0 Å². The van der Waals surface area contributed by atoms with Crippen LogP contribution in [0.3, 0.4) is 0 Å². The first-order chi connectivity index (χ1) is 14.3. The highest BCUT2D eigenvalue weighted by Crippen LogP contribution is 2.32. The molecule has 0 aliphatic carbocycles. The minimum absolute atomic E-state index is 0. The molecule has 0 spiro atoms. The summed E-state index contributed by atoms with van der Waals surface area (Å²) in [6, 6.07) is 5.77. The van der Waals surface area contributed by atoms with E-state index in [1.54, 1.807) is 32.4 Å². The Hall–Kier alpha value is -1.94. The first-order valence-corrected chi connectivity index (χ1v) is 11.9. The Morgan fingerprint density at radius 3 is 2.81 bits per heavy atom. The number of hydrogen-bond acceptors (Lipinski definition) is 6. The molecular weight excluding hydrogens is 461 g/mol. The molecular formula is C20H27Cl2N5O3S. The van der Waals surface area contributed by atoms with Crippen molar-refractivity contribution in [3.63, 3.8) is 0 Å². The van der Waals surface area contributed by atoms with Crippen molar-refractivity contribution in [2.75, 3.05) is 29.7 Å². The van der Waals surface area contributed by atoms with Gasteiger partial charge in [0.15, 0.2) is 5.58 Å². The van der Waals surface area contributed by atoms with Crippen LogP contribution in [0.1, 0.15) is 25.5 Å². The summed E-state index contributed by atoms with van der Waals surface area (Å²) in [5.41, 5.74) is 2.24. The molecule has 1 aliphatic heterocycles. The third kappa shape index (κ3) is 4.64. The number of likely N-dealkylation sites (tertiary alicyclic amines) is 1. The quantitative estimate of drug-likeness (QED) is 0.517. The predicted molar refractivity (Wildman–Crippen MR) is 126 cm³/mol. The fraction of sp³-hybridized carbons (Fsp3) is 0.450. The zero-order valence-corrected chi connectivity index (χ0v) is 20.1. The third-order valence-electron chi connectivity index (χ3n) is 5.61. The number of sulfonamides is 1. The van der Waals surface area contributed by atoms with E-state index in [2.05, 4.69) is 27.0 Å². The molecule has 1 saturated heterocycles. The summed E-state index contributed by atoms with van der Waals surface area (Å²) in [6.45, 7) is 6.70. The van der Waals surface area contributed by atoms with Crippen molar-refractivity contribution in [1.29, 1.82) is 0 Å². The van der Waals surface area contributed by atoms with Crippen LogP contribution < -0.4 is 10.0 Å². The molecule has 1 fully saturated rings. The number of halogens is 2. The molecule has 2 aromatic heterocycles. The summed E-state index contributed by atoms with van der Waals surface area (Å²) in [6.07, 6.45) is 3.94. The molecule has 0 amide bonds. The number of benzene rings is 1. The average molecular weight is 488 g/mol. The summed E-state index contributed by atoms with van der Waals surface area (Å²) in [7, 11) is -2.29. The molecule has 1 atom stereocenters. The topological polar surface area (TPSA) is 92.4 Å². The highest BCUT2D eigenvalue weighted by molar-refractivity contribution is 7.92. The van der Waals surface area contributed by atoms with Crippen LogP contribution >= 0.6 is 24.0 Å². The monoisotopic (exact) mass is 487 g/mol. The van der Waals surface area contributed by atoms with Crippen LogP contribution in [0, 0.1) is 6.92 Å². The van der Waals surface area contributed by atoms with Gasteiger partial charge in [-0.25, -0.2) is 8.42 Å². The molecule has 0 unspecified atom stereocenters. The van der Waals surface area contributed by atoms with E-state index in [0.29, 0.717) is 23.0 Å². The second-order valence-corrected chi connectivity index (χ2v) is 9.58. The lowest BCUT2D eigenvalue weighted by atomic mass is 10.2. The fourth-order valence-corrected chi connectivity index (χ4v) is 5.96. The molecule has 3 heterocycles. The Kier molecular flexibility index (Phi) is 7.10. The zero-order chi connectivity index (χ0) is 21.5. The number of nitrogens with one attached hydrogen (secondary N) is 2. The fourth-order valence-electron chi connectivity index (χ4n) is 4.16. The molecule has 8 nitrogen and oxygen atoms in total. The maximum absolute atomic E-state index is 13.0. The van der Waals surface area contributed by atoms with E-state index >= 15 is 0 Å². The van der Waals surface area contributed by atoms with Crippen molar-refractivity contribution in [3.8, 4) is 0 Å². The second kappa shape index (κ2) is 9.28. The number of nitrogens with zero attached hydrogens (tertiary/aromatic N) is 3. The predicted octanol–water partition coefficient (Wildman–Crippen LogP) is 4.25. The lowest BCUT2D eigenvalue weighted by molar-refractivity contribution is 0.277. The van der Waals surface area contributed by atoms with Crippen LogP contribution in [-0.4, -0.2) is 48.8 Å². The maximum Gasteiger partial charge on any atom is 0.266 e. The molecule has 4 rings (SSSR count). The molecule has 3 aromatic rings. The molecule has 1 aliphatic rings. The minimum Gasteiger partial charge on any atom is -0.462 e. The Balaban J connectivity index is 0.00000272. The van der Waals surface area contributed by atoms with Gasteiger partial charge in [-0.1, -0.05) is 18.5 Å². The van der Waals surface area contributed by atoms with Crippen LogP contribution in [0.2, 0.25) is 5.15 Å². The molecule has 0 saturated carbocycles. The van der Waals surface area contributed by atoms with Crippen LogP contribution in [0.4, 0.5) is 11.4 Å². The van der Waals surface area contributed by atoms with Gasteiger partial charge in [0.1, 0.15) is 10.0 Å². The van der Waals surface area contributed by atoms with Gasteiger partial charge in [-0.15, -0.1) is 12.4 Å². The summed E-state index contributed by atoms with van der Waals surface area (Å²) < 4.78 is 35.6. The van der Waals surface area contributed by atoms with E-state index in [-0.39, 0.29) is 22.5 Å². The Morgan fingerprint density at radius 2 is 2.13 bits per heavy atom. The van der Waals surface area contributed by atoms with Crippen LogP contribution in [0.5, 0.6) is 0 Å². The number of aromatic nitrogens is 2. The van der Waals surface area contributed by atoms with E-state index in [4.69, 9.17) is 16.0 Å². The van der Waals surface area contributed by atoms with Crippen molar-refractivity contribution < 1.29 is 12.8 Å². The second-order valence-electron chi connectivity index (χ2n) is 7.60. The Labute approximate surface area is 193 Å². The van der Waals surface area contributed by atoms with Gasteiger partial charge in [0, 0.05) is 25.0 Å². The summed E-state index contributed by atoms with van der Waals surface area (Å²) in [4.78, 5) is 2.43. The van der Waals surface area contributed by atoms with Crippen LogP contribution in [0.25, 0.3) is 11.0 Å². The van der Waals surface area contributed by atoms with Gasteiger partial charge in [0.2, 0.25) is 0 Å². The van der Waals surface area contributed by atoms with E-state index in [9.17, 15) is 8.42 Å². The number of furan rings is 1. The highest BCUT2D eigenvalue weighted by atomic mass is 35.5. The van der Waals surface area contributed by atoms with Gasteiger partial charge in [-0.05, 0) is 51.1 Å².